The fourth-order valence-electron chi connectivity index (χ4n) is 1.36. The molecule has 0 aliphatic heterocycles. The predicted octanol–water partition coefficient (Wildman–Crippen LogP) is 1.55. The number of aliphatic hydroxyl groups excluding tert-OH is 1. The number of aromatic hydroxyl groups is 1. The summed E-state index contributed by atoms with van der Waals surface area (Å²) in [5, 5.41) is 18.6. The second-order valence-electron chi connectivity index (χ2n) is 3.13. The Morgan fingerprint density at radius 3 is 2.73 bits per heavy atom. The van der Waals surface area contributed by atoms with Crippen LogP contribution in [-0.4, -0.2) is 23.9 Å². The first-order chi connectivity index (χ1) is 7.11. The summed E-state index contributed by atoms with van der Waals surface area (Å²) >= 11 is 3.30. The topological polar surface area (TPSA) is 75.7 Å². The molecular weight excluding hydrogens is 262 g/mol. The SMILES string of the molecule is COc1ccc(Br)c([C@H](N)CCO)c1O. The highest BCUT2D eigenvalue weighted by Gasteiger charge is 2.17. The van der Waals surface area contributed by atoms with E-state index in [1.54, 1.807) is 12.1 Å². The summed E-state index contributed by atoms with van der Waals surface area (Å²) in [4.78, 5) is 0. The molecular formula is C10H14BrNO3. The van der Waals surface area contributed by atoms with Gasteiger partial charge < -0.3 is 20.7 Å². The van der Waals surface area contributed by atoms with Crippen LogP contribution in [0.1, 0.15) is 18.0 Å². The second kappa shape index (κ2) is 5.34. The van der Waals surface area contributed by atoms with Gasteiger partial charge in [-0.15, -0.1) is 0 Å². The molecule has 0 aromatic heterocycles. The average Bonchev–Trinajstić information content (AvgIpc) is 2.18. The van der Waals surface area contributed by atoms with Gasteiger partial charge in [0, 0.05) is 22.7 Å². The van der Waals surface area contributed by atoms with E-state index >= 15 is 0 Å². The van der Waals surface area contributed by atoms with Crippen LogP contribution in [0.5, 0.6) is 11.5 Å². The molecule has 1 aromatic rings. The molecule has 0 aliphatic carbocycles. The monoisotopic (exact) mass is 275 g/mol. The van der Waals surface area contributed by atoms with Gasteiger partial charge in [0.05, 0.1) is 7.11 Å². The van der Waals surface area contributed by atoms with Crippen molar-refractivity contribution in [3.8, 4) is 11.5 Å². The minimum atomic E-state index is -0.417. The van der Waals surface area contributed by atoms with Crippen LogP contribution < -0.4 is 10.5 Å². The van der Waals surface area contributed by atoms with Crippen LogP contribution in [0.2, 0.25) is 0 Å². The van der Waals surface area contributed by atoms with E-state index in [4.69, 9.17) is 15.6 Å². The minimum Gasteiger partial charge on any atom is -0.504 e. The first-order valence-electron chi connectivity index (χ1n) is 4.53. The Bertz CT molecular complexity index is 344. The Morgan fingerprint density at radius 2 is 2.20 bits per heavy atom. The molecule has 0 unspecified atom stereocenters. The van der Waals surface area contributed by atoms with Gasteiger partial charge in [-0.1, -0.05) is 15.9 Å². The molecule has 1 atom stereocenters. The summed E-state index contributed by atoms with van der Waals surface area (Å²) < 4.78 is 5.69. The molecule has 0 aliphatic rings. The summed E-state index contributed by atoms with van der Waals surface area (Å²) in [6.45, 7) is -0.0236. The van der Waals surface area contributed by atoms with Crippen LogP contribution in [0.25, 0.3) is 0 Å². The van der Waals surface area contributed by atoms with Gasteiger partial charge in [0.1, 0.15) is 0 Å². The molecule has 4 nitrogen and oxygen atoms in total. The maximum atomic E-state index is 9.85. The van der Waals surface area contributed by atoms with Crippen LogP contribution in [-0.2, 0) is 0 Å². The molecule has 15 heavy (non-hydrogen) atoms. The van der Waals surface area contributed by atoms with Gasteiger partial charge in [-0.05, 0) is 18.6 Å². The Morgan fingerprint density at radius 1 is 1.53 bits per heavy atom. The van der Waals surface area contributed by atoms with Crippen LogP contribution in [0.4, 0.5) is 0 Å². The standard InChI is InChI=1S/C10H14BrNO3/c1-15-8-3-2-6(11)9(10(8)14)7(12)4-5-13/h2-3,7,13-14H,4-5,12H2,1H3/t7-/m1/s1. The number of aliphatic hydroxyl groups is 1. The Kier molecular flexibility index (Phi) is 4.38. The van der Waals surface area contributed by atoms with E-state index in [1.807, 2.05) is 0 Å². The lowest BCUT2D eigenvalue weighted by Crippen LogP contribution is -2.13. The summed E-state index contributed by atoms with van der Waals surface area (Å²) in [5.74, 6) is 0.398. The number of methoxy groups -OCH3 is 1. The lowest BCUT2D eigenvalue weighted by molar-refractivity contribution is 0.274. The van der Waals surface area contributed by atoms with Gasteiger partial charge >= 0.3 is 0 Å². The second-order valence-corrected chi connectivity index (χ2v) is 3.99. The highest BCUT2D eigenvalue weighted by atomic mass is 79.9. The van der Waals surface area contributed by atoms with E-state index in [0.29, 0.717) is 22.2 Å². The van der Waals surface area contributed by atoms with Crippen LogP contribution in [0.3, 0.4) is 0 Å². The van der Waals surface area contributed by atoms with Crippen LogP contribution in [0, 0.1) is 0 Å². The number of hydrogen-bond acceptors (Lipinski definition) is 4. The van der Waals surface area contributed by atoms with Gasteiger partial charge in [-0.2, -0.15) is 0 Å². The van der Waals surface area contributed by atoms with Crippen molar-refractivity contribution in [2.75, 3.05) is 13.7 Å². The van der Waals surface area contributed by atoms with E-state index in [1.165, 1.54) is 7.11 Å². The normalized spacial score (nSPS) is 12.5. The summed E-state index contributed by atoms with van der Waals surface area (Å²) in [5.41, 5.74) is 6.38. The molecule has 0 amide bonds. The van der Waals surface area contributed by atoms with Crippen molar-refractivity contribution in [3.05, 3.63) is 22.2 Å². The van der Waals surface area contributed by atoms with Crippen molar-refractivity contribution in [2.45, 2.75) is 12.5 Å². The van der Waals surface area contributed by atoms with Gasteiger partial charge in [0.25, 0.3) is 0 Å². The number of phenols is 1. The summed E-state index contributed by atoms with van der Waals surface area (Å²) in [7, 11) is 1.48. The molecule has 0 radical (unpaired) electrons. The number of rotatable bonds is 4. The number of halogens is 1. The van der Waals surface area contributed by atoms with Crippen LogP contribution in [0.15, 0.2) is 16.6 Å². The maximum absolute atomic E-state index is 9.85. The maximum Gasteiger partial charge on any atom is 0.163 e. The van der Waals surface area contributed by atoms with E-state index < -0.39 is 6.04 Å². The highest BCUT2D eigenvalue weighted by molar-refractivity contribution is 9.10. The van der Waals surface area contributed by atoms with Crippen molar-refractivity contribution in [1.82, 2.24) is 0 Å². The highest BCUT2D eigenvalue weighted by Crippen LogP contribution is 2.38. The van der Waals surface area contributed by atoms with Crippen molar-refractivity contribution < 1.29 is 14.9 Å². The van der Waals surface area contributed by atoms with Gasteiger partial charge in [-0.25, -0.2) is 0 Å². The van der Waals surface area contributed by atoms with Gasteiger partial charge in [-0.3, -0.25) is 0 Å². The number of hydrogen-bond donors (Lipinski definition) is 3. The predicted molar refractivity (Wildman–Crippen MR) is 61.0 cm³/mol. The molecule has 5 heteroatoms. The Hall–Kier alpha value is -0.780. The van der Waals surface area contributed by atoms with Crippen LogP contribution >= 0.6 is 15.9 Å². The van der Waals surface area contributed by atoms with Crippen molar-refractivity contribution in [3.63, 3.8) is 0 Å². The molecule has 0 saturated carbocycles. The number of phenolic OH excluding ortho intramolecular Hbond substituents is 1. The smallest absolute Gasteiger partial charge is 0.163 e. The zero-order valence-corrected chi connectivity index (χ0v) is 9.99. The summed E-state index contributed by atoms with van der Waals surface area (Å²) in [6, 6.07) is 2.99. The third-order valence-corrected chi connectivity index (χ3v) is 2.85. The molecule has 84 valence electrons. The van der Waals surface area contributed by atoms with Crippen molar-refractivity contribution >= 4 is 15.9 Å². The largest absolute Gasteiger partial charge is 0.504 e. The zero-order chi connectivity index (χ0) is 11.4. The molecule has 0 fully saturated rings. The number of benzene rings is 1. The molecule has 0 saturated heterocycles. The fraction of sp³-hybridized carbons (Fsp3) is 0.400. The molecule has 4 N–H and O–H groups in total. The first kappa shape index (κ1) is 12.3. The number of ether oxygens (including phenoxy) is 1. The van der Waals surface area contributed by atoms with E-state index in [0.717, 1.165) is 0 Å². The lowest BCUT2D eigenvalue weighted by atomic mass is 10.0. The van der Waals surface area contributed by atoms with E-state index in [-0.39, 0.29) is 12.4 Å². The van der Waals surface area contributed by atoms with Gasteiger partial charge in [0.2, 0.25) is 0 Å². The quantitative estimate of drug-likeness (QED) is 0.779. The van der Waals surface area contributed by atoms with Crippen molar-refractivity contribution in [1.29, 1.82) is 0 Å². The first-order valence-corrected chi connectivity index (χ1v) is 5.33. The van der Waals surface area contributed by atoms with Gasteiger partial charge in [0.15, 0.2) is 11.5 Å². The minimum absolute atomic E-state index is 0.0211. The molecule has 1 aromatic carbocycles. The zero-order valence-electron chi connectivity index (χ0n) is 8.40. The fourth-order valence-corrected chi connectivity index (χ4v) is 1.98. The number of nitrogens with two attached hydrogens (primary N) is 1. The molecule has 0 bridgehead atoms. The Balaban J connectivity index is 3.14. The Labute approximate surface area is 96.8 Å². The average molecular weight is 276 g/mol. The third-order valence-electron chi connectivity index (χ3n) is 2.16. The van der Waals surface area contributed by atoms with Crippen molar-refractivity contribution in [2.24, 2.45) is 5.73 Å². The molecule has 1 rings (SSSR count). The van der Waals surface area contributed by atoms with E-state index in [9.17, 15) is 5.11 Å². The summed E-state index contributed by atoms with van der Waals surface area (Å²) in [6.07, 6.45) is 0.388. The molecule has 0 spiro atoms. The lowest BCUT2D eigenvalue weighted by Gasteiger charge is -2.16. The molecule has 0 heterocycles. The third kappa shape index (κ3) is 2.62. The van der Waals surface area contributed by atoms with E-state index in [2.05, 4.69) is 15.9 Å².